The molecule has 0 atom stereocenters. The highest BCUT2D eigenvalue weighted by Gasteiger charge is 2.14. The Morgan fingerprint density at radius 1 is 1.23 bits per heavy atom. The summed E-state index contributed by atoms with van der Waals surface area (Å²) in [7, 11) is 0. The Labute approximate surface area is 152 Å². The average Bonchev–Trinajstić information content (AvgIpc) is 3.29. The van der Waals surface area contributed by atoms with E-state index in [4.69, 9.17) is 0 Å². The van der Waals surface area contributed by atoms with E-state index in [0.29, 0.717) is 29.4 Å². The molecule has 0 amide bonds. The van der Waals surface area contributed by atoms with Crippen molar-refractivity contribution in [3.63, 3.8) is 0 Å². The van der Waals surface area contributed by atoms with Gasteiger partial charge in [-0.3, -0.25) is 10.1 Å². The number of nitro benzene ring substituents is 1. The van der Waals surface area contributed by atoms with E-state index in [9.17, 15) is 10.1 Å². The SMILES string of the molecule is Cc1c(CNc2ccc3nnc(-c4ccsc4)n3n2)cccc1[N+](=O)[O-]. The summed E-state index contributed by atoms with van der Waals surface area (Å²) >= 11 is 1.58. The fourth-order valence-corrected chi connectivity index (χ4v) is 3.33. The molecular formula is C17H14N6O2S. The molecule has 9 heteroatoms. The van der Waals surface area contributed by atoms with Crippen LogP contribution in [0.2, 0.25) is 0 Å². The first-order chi connectivity index (χ1) is 12.6. The molecule has 0 fully saturated rings. The van der Waals surface area contributed by atoms with Crippen LogP contribution in [0.15, 0.2) is 47.2 Å². The monoisotopic (exact) mass is 366 g/mol. The number of aromatic nitrogens is 4. The summed E-state index contributed by atoms with van der Waals surface area (Å²) in [6, 6.07) is 10.7. The van der Waals surface area contributed by atoms with Crippen LogP contribution in [0.4, 0.5) is 11.5 Å². The number of anilines is 1. The number of benzene rings is 1. The number of nitrogens with zero attached hydrogens (tertiary/aromatic N) is 5. The van der Waals surface area contributed by atoms with Gasteiger partial charge in [0.05, 0.1) is 4.92 Å². The smallest absolute Gasteiger partial charge is 0.272 e. The lowest BCUT2D eigenvalue weighted by molar-refractivity contribution is -0.385. The second kappa shape index (κ2) is 6.52. The van der Waals surface area contributed by atoms with Crippen LogP contribution in [0, 0.1) is 17.0 Å². The minimum atomic E-state index is -0.368. The quantitative estimate of drug-likeness (QED) is 0.427. The largest absolute Gasteiger partial charge is 0.365 e. The van der Waals surface area contributed by atoms with Gasteiger partial charge in [0.1, 0.15) is 5.82 Å². The van der Waals surface area contributed by atoms with E-state index >= 15 is 0 Å². The van der Waals surface area contributed by atoms with Crippen molar-refractivity contribution in [2.75, 3.05) is 5.32 Å². The highest BCUT2D eigenvalue weighted by molar-refractivity contribution is 7.08. The Morgan fingerprint density at radius 2 is 2.12 bits per heavy atom. The molecule has 26 heavy (non-hydrogen) atoms. The van der Waals surface area contributed by atoms with Crippen molar-refractivity contribution in [2.24, 2.45) is 0 Å². The number of thiophene rings is 1. The molecule has 0 spiro atoms. The van der Waals surface area contributed by atoms with Crippen LogP contribution < -0.4 is 5.32 Å². The lowest BCUT2D eigenvalue weighted by Gasteiger charge is -2.09. The Bertz CT molecular complexity index is 1090. The predicted molar refractivity (Wildman–Crippen MR) is 99.3 cm³/mol. The topological polar surface area (TPSA) is 98.2 Å². The molecule has 0 saturated heterocycles. The number of fused-ring (bicyclic) bond motifs is 1. The van der Waals surface area contributed by atoms with E-state index in [1.807, 2.05) is 35.0 Å². The van der Waals surface area contributed by atoms with Gasteiger partial charge in [0, 0.05) is 29.1 Å². The molecule has 3 heterocycles. The molecule has 0 saturated carbocycles. The Hall–Kier alpha value is -3.33. The van der Waals surface area contributed by atoms with Crippen LogP contribution in [0.5, 0.6) is 0 Å². The fraction of sp³-hybridized carbons (Fsp3) is 0.118. The zero-order chi connectivity index (χ0) is 18.1. The minimum absolute atomic E-state index is 0.117. The molecule has 4 rings (SSSR count). The van der Waals surface area contributed by atoms with Crippen molar-refractivity contribution in [3.8, 4) is 11.4 Å². The maximum absolute atomic E-state index is 11.1. The lowest BCUT2D eigenvalue weighted by Crippen LogP contribution is -2.06. The number of rotatable bonds is 5. The Balaban J connectivity index is 1.61. The zero-order valence-corrected chi connectivity index (χ0v) is 14.6. The predicted octanol–water partition coefficient (Wildman–Crippen LogP) is 3.68. The van der Waals surface area contributed by atoms with Gasteiger partial charge in [-0.2, -0.15) is 15.9 Å². The van der Waals surface area contributed by atoms with Gasteiger partial charge in [-0.05, 0) is 36.1 Å². The normalized spacial score (nSPS) is 11.0. The van der Waals surface area contributed by atoms with E-state index in [1.165, 1.54) is 6.07 Å². The summed E-state index contributed by atoms with van der Waals surface area (Å²) in [5.41, 5.74) is 3.23. The highest BCUT2D eigenvalue weighted by Crippen LogP contribution is 2.23. The van der Waals surface area contributed by atoms with Gasteiger partial charge >= 0.3 is 0 Å². The van der Waals surface area contributed by atoms with Gasteiger partial charge in [-0.1, -0.05) is 12.1 Å². The molecule has 0 aliphatic carbocycles. The molecule has 1 aromatic carbocycles. The van der Waals surface area contributed by atoms with Gasteiger partial charge in [0.2, 0.25) is 0 Å². The van der Waals surface area contributed by atoms with Crippen LogP contribution in [-0.2, 0) is 6.54 Å². The standard InChI is InChI=1S/C17H14N6O2S/c1-11-12(3-2-4-14(11)23(24)25)9-18-15-5-6-16-19-20-17(22(16)21-15)13-7-8-26-10-13/h2-8,10H,9H2,1H3,(H,18,21). The third-order valence-corrected chi connectivity index (χ3v) is 4.80. The van der Waals surface area contributed by atoms with Gasteiger partial charge in [0.25, 0.3) is 5.69 Å². The first kappa shape index (κ1) is 16.2. The van der Waals surface area contributed by atoms with Crippen LogP contribution >= 0.6 is 11.3 Å². The van der Waals surface area contributed by atoms with Crippen molar-refractivity contribution in [1.82, 2.24) is 19.8 Å². The summed E-state index contributed by atoms with van der Waals surface area (Å²) in [6.45, 7) is 2.18. The van der Waals surface area contributed by atoms with E-state index in [2.05, 4.69) is 20.6 Å². The molecular weight excluding hydrogens is 352 g/mol. The molecule has 1 N–H and O–H groups in total. The number of hydrogen-bond donors (Lipinski definition) is 1. The average molecular weight is 366 g/mol. The maximum Gasteiger partial charge on any atom is 0.272 e. The van der Waals surface area contributed by atoms with E-state index in [0.717, 1.165) is 11.1 Å². The highest BCUT2D eigenvalue weighted by atomic mass is 32.1. The Kier molecular flexibility index (Phi) is 4.05. The molecule has 8 nitrogen and oxygen atoms in total. The van der Waals surface area contributed by atoms with Gasteiger partial charge in [0.15, 0.2) is 11.5 Å². The summed E-state index contributed by atoms with van der Waals surface area (Å²) in [5.74, 6) is 1.32. The minimum Gasteiger partial charge on any atom is -0.365 e. The van der Waals surface area contributed by atoms with Crippen molar-refractivity contribution in [2.45, 2.75) is 13.5 Å². The number of hydrogen-bond acceptors (Lipinski definition) is 7. The van der Waals surface area contributed by atoms with Gasteiger partial charge in [-0.15, -0.1) is 15.3 Å². The summed E-state index contributed by atoms with van der Waals surface area (Å²) in [6.07, 6.45) is 0. The number of nitro groups is 1. The molecule has 0 aliphatic rings. The van der Waals surface area contributed by atoms with Crippen molar-refractivity contribution in [1.29, 1.82) is 0 Å². The first-order valence-electron chi connectivity index (χ1n) is 7.85. The van der Waals surface area contributed by atoms with Crippen LogP contribution in [0.25, 0.3) is 17.0 Å². The van der Waals surface area contributed by atoms with Crippen molar-refractivity contribution < 1.29 is 4.92 Å². The second-order valence-electron chi connectivity index (χ2n) is 5.70. The molecule has 0 bridgehead atoms. The third-order valence-electron chi connectivity index (χ3n) is 4.12. The van der Waals surface area contributed by atoms with Gasteiger partial charge < -0.3 is 5.32 Å². The molecule has 4 aromatic rings. The van der Waals surface area contributed by atoms with Crippen molar-refractivity contribution >= 4 is 28.5 Å². The van der Waals surface area contributed by atoms with Crippen molar-refractivity contribution in [3.05, 3.63) is 68.4 Å². The Morgan fingerprint density at radius 3 is 2.88 bits per heavy atom. The van der Waals surface area contributed by atoms with E-state index in [1.54, 1.807) is 28.8 Å². The molecule has 0 aliphatic heterocycles. The van der Waals surface area contributed by atoms with Gasteiger partial charge in [-0.25, -0.2) is 0 Å². The van der Waals surface area contributed by atoms with Crippen LogP contribution in [-0.4, -0.2) is 24.7 Å². The zero-order valence-electron chi connectivity index (χ0n) is 13.8. The summed E-state index contributed by atoms with van der Waals surface area (Å²) < 4.78 is 1.69. The van der Waals surface area contributed by atoms with E-state index < -0.39 is 0 Å². The summed E-state index contributed by atoms with van der Waals surface area (Å²) in [5, 5.41) is 31.1. The molecule has 0 unspecified atom stereocenters. The van der Waals surface area contributed by atoms with E-state index in [-0.39, 0.29) is 10.6 Å². The molecule has 3 aromatic heterocycles. The first-order valence-corrected chi connectivity index (χ1v) is 8.79. The summed E-state index contributed by atoms with van der Waals surface area (Å²) in [4.78, 5) is 10.7. The van der Waals surface area contributed by atoms with Crippen LogP contribution in [0.1, 0.15) is 11.1 Å². The second-order valence-corrected chi connectivity index (χ2v) is 6.48. The third kappa shape index (κ3) is 2.88. The number of nitrogens with one attached hydrogen (secondary N) is 1. The van der Waals surface area contributed by atoms with Crippen LogP contribution in [0.3, 0.4) is 0 Å². The maximum atomic E-state index is 11.1. The lowest BCUT2D eigenvalue weighted by atomic mass is 10.1. The molecule has 130 valence electrons. The fourth-order valence-electron chi connectivity index (χ4n) is 2.70. The molecule has 0 radical (unpaired) electrons.